The molecular weight excluding hydrogens is 152 g/mol. The van der Waals surface area contributed by atoms with E-state index in [-0.39, 0.29) is 19.3 Å². The van der Waals surface area contributed by atoms with Crippen molar-refractivity contribution in [3.8, 4) is 0 Å². The zero-order valence-corrected chi connectivity index (χ0v) is 6.86. The predicted octanol–water partition coefficient (Wildman–Crippen LogP) is -0.518. The Balaban J connectivity index is 0. The molecule has 5 nitrogen and oxygen atoms in total. The first-order chi connectivity index (χ1) is 5.31. The molecule has 1 unspecified atom stereocenters. The van der Waals surface area contributed by atoms with Crippen LogP contribution in [0.15, 0.2) is 0 Å². The topological polar surface area (TPSA) is 79.2 Å². The van der Waals surface area contributed by atoms with E-state index < -0.39 is 0 Å². The quantitative estimate of drug-likeness (QED) is 0.292. The van der Waals surface area contributed by atoms with E-state index in [4.69, 9.17) is 20.2 Å². The number of rotatable bonds is 5. The number of hydrogen-bond acceptors (Lipinski definition) is 5. The molecule has 0 aliphatic heterocycles. The number of hydrogen-bond donors (Lipinski definition) is 3. The third-order valence-corrected chi connectivity index (χ3v) is 0.834. The highest BCUT2D eigenvalue weighted by molar-refractivity contribution is 4.42. The molecule has 0 saturated heterocycles. The summed E-state index contributed by atoms with van der Waals surface area (Å²) in [4.78, 5) is 3.73. The van der Waals surface area contributed by atoms with Gasteiger partial charge in [-0.2, -0.15) is 0 Å². The highest BCUT2D eigenvalue weighted by Crippen LogP contribution is 1.86. The molecule has 0 bridgehead atoms. The third kappa shape index (κ3) is 12.9. The van der Waals surface area contributed by atoms with Gasteiger partial charge in [0.2, 0.25) is 0 Å². The van der Waals surface area contributed by atoms with Gasteiger partial charge in [-0.3, -0.25) is 5.26 Å². The Morgan fingerprint density at radius 1 is 1.27 bits per heavy atom. The monoisotopic (exact) mass is 168 g/mol. The molecule has 0 aliphatic carbocycles. The number of ether oxygens (including phenoxy) is 1. The molecule has 0 amide bonds. The van der Waals surface area contributed by atoms with Crippen molar-refractivity contribution in [2.45, 2.75) is 13.0 Å². The molecule has 0 heterocycles. The summed E-state index contributed by atoms with van der Waals surface area (Å²) in [5, 5.41) is 23.2. The second-order valence-corrected chi connectivity index (χ2v) is 1.70. The SMILES string of the molecule is CC(CO)OCCOO.CO. The van der Waals surface area contributed by atoms with Gasteiger partial charge >= 0.3 is 0 Å². The molecule has 0 aliphatic rings. The van der Waals surface area contributed by atoms with E-state index in [1.807, 2.05) is 0 Å². The zero-order chi connectivity index (χ0) is 9.11. The maximum atomic E-state index is 8.41. The molecule has 70 valence electrons. The molecule has 0 aromatic heterocycles. The molecule has 0 radical (unpaired) electrons. The van der Waals surface area contributed by atoms with Crippen LogP contribution in [0.3, 0.4) is 0 Å². The fraction of sp³-hybridized carbons (Fsp3) is 1.00. The van der Waals surface area contributed by atoms with Gasteiger partial charge in [0, 0.05) is 7.11 Å². The van der Waals surface area contributed by atoms with Crippen molar-refractivity contribution in [3.63, 3.8) is 0 Å². The lowest BCUT2D eigenvalue weighted by Gasteiger charge is -2.07. The van der Waals surface area contributed by atoms with Gasteiger partial charge in [-0.1, -0.05) is 0 Å². The Labute approximate surface area is 66.1 Å². The van der Waals surface area contributed by atoms with Gasteiger partial charge in [0.1, 0.15) is 6.61 Å². The van der Waals surface area contributed by atoms with Crippen LogP contribution in [0, 0.1) is 0 Å². The molecule has 11 heavy (non-hydrogen) atoms. The number of aliphatic hydroxyl groups is 2. The second kappa shape index (κ2) is 12.5. The van der Waals surface area contributed by atoms with Crippen LogP contribution in [0.25, 0.3) is 0 Å². The lowest BCUT2D eigenvalue weighted by molar-refractivity contribution is -0.251. The van der Waals surface area contributed by atoms with E-state index in [0.29, 0.717) is 6.61 Å². The van der Waals surface area contributed by atoms with E-state index in [9.17, 15) is 0 Å². The van der Waals surface area contributed by atoms with Crippen LogP contribution < -0.4 is 0 Å². The molecular formula is C6H16O5. The molecule has 0 aromatic carbocycles. The molecule has 3 N–H and O–H groups in total. The Kier molecular flexibility index (Phi) is 15.2. The van der Waals surface area contributed by atoms with Gasteiger partial charge in [0.15, 0.2) is 0 Å². The van der Waals surface area contributed by atoms with Crippen LogP contribution in [0.1, 0.15) is 6.92 Å². The van der Waals surface area contributed by atoms with E-state index in [1.54, 1.807) is 6.92 Å². The summed E-state index contributed by atoms with van der Waals surface area (Å²) in [6.07, 6.45) is -0.180. The van der Waals surface area contributed by atoms with E-state index in [1.165, 1.54) is 0 Å². The zero-order valence-electron chi connectivity index (χ0n) is 6.86. The maximum absolute atomic E-state index is 8.41. The minimum atomic E-state index is -0.180. The van der Waals surface area contributed by atoms with Crippen LogP contribution in [0.4, 0.5) is 0 Å². The van der Waals surface area contributed by atoms with Gasteiger partial charge in [0.25, 0.3) is 0 Å². The first-order valence-corrected chi connectivity index (χ1v) is 3.24. The van der Waals surface area contributed by atoms with E-state index >= 15 is 0 Å². The summed E-state index contributed by atoms with van der Waals surface area (Å²) in [7, 11) is 1.00. The van der Waals surface area contributed by atoms with Crippen LogP contribution >= 0.6 is 0 Å². The molecule has 1 atom stereocenters. The lowest BCUT2D eigenvalue weighted by Crippen LogP contribution is -2.15. The third-order valence-electron chi connectivity index (χ3n) is 0.834. The van der Waals surface area contributed by atoms with Crippen LogP contribution in [-0.2, 0) is 9.62 Å². The Hall–Kier alpha value is -0.200. The Morgan fingerprint density at radius 2 is 1.82 bits per heavy atom. The average Bonchev–Trinajstić information content (AvgIpc) is 2.08. The molecule has 0 fully saturated rings. The van der Waals surface area contributed by atoms with Crippen LogP contribution in [0.5, 0.6) is 0 Å². The largest absolute Gasteiger partial charge is 0.400 e. The molecule has 0 spiro atoms. The highest BCUT2D eigenvalue weighted by atomic mass is 17.1. The van der Waals surface area contributed by atoms with Crippen molar-refractivity contribution in [1.82, 2.24) is 0 Å². The minimum absolute atomic E-state index is 0.00850. The predicted molar refractivity (Wildman–Crippen MR) is 39.2 cm³/mol. The smallest absolute Gasteiger partial charge is 0.105 e. The van der Waals surface area contributed by atoms with Gasteiger partial charge in [0.05, 0.1) is 19.3 Å². The van der Waals surface area contributed by atoms with Crippen molar-refractivity contribution in [2.75, 3.05) is 26.9 Å². The summed E-state index contributed by atoms with van der Waals surface area (Å²) in [6, 6.07) is 0. The minimum Gasteiger partial charge on any atom is -0.400 e. The van der Waals surface area contributed by atoms with Crippen molar-refractivity contribution in [2.24, 2.45) is 0 Å². The Bertz CT molecular complexity index is 58.9. The average molecular weight is 168 g/mol. The fourth-order valence-corrected chi connectivity index (χ4v) is 0.339. The molecule has 0 rings (SSSR count). The van der Waals surface area contributed by atoms with Crippen LogP contribution in [-0.4, -0.2) is 48.5 Å². The van der Waals surface area contributed by atoms with Gasteiger partial charge in [-0.25, -0.2) is 4.89 Å². The van der Waals surface area contributed by atoms with Crippen molar-refractivity contribution in [3.05, 3.63) is 0 Å². The summed E-state index contributed by atoms with van der Waals surface area (Å²) >= 11 is 0. The Morgan fingerprint density at radius 3 is 2.18 bits per heavy atom. The number of aliphatic hydroxyl groups excluding tert-OH is 2. The van der Waals surface area contributed by atoms with Gasteiger partial charge < -0.3 is 14.9 Å². The summed E-state index contributed by atoms with van der Waals surface area (Å²) < 4.78 is 4.90. The summed E-state index contributed by atoms with van der Waals surface area (Å²) in [6.45, 7) is 2.17. The van der Waals surface area contributed by atoms with Crippen molar-refractivity contribution >= 4 is 0 Å². The highest BCUT2D eigenvalue weighted by Gasteiger charge is 1.96. The lowest BCUT2D eigenvalue weighted by atomic mass is 10.4. The molecule has 5 heteroatoms. The summed E-state index contributed by atoms with van der Waals surface area (Å²) in [5.74, 6) is 0. The standard InChI is InChI=1S/C5H12O4.CH4O/c1-5(4-6)8-2-3-9-7;1-2/h5-7H,2-4H2,1H3;2H,1H3. The maximum Gasteiger partial charge on any atom is 0.105 e. The van der Waals surface area contributed by atoms with Crippen molar-refractivity contribution < 1.29 is 25.1 Å². The van der Waals surface area contributed by atoms with Crippen molar-refractivity contribution in [1.29, 1.82) is 0 Å². The second-order valence-electron chi connectivity index (χ2n) is 1.70. The first kappa shape index (κ1) is 13.4. The first-order valence-electron chi connectivity index (χ1n) is 3.24. The van der Waals surface area contributed by atoms with E-state index in [2.05, 4.69) is 4.89 Å². The molecule has 0 saturated carbocycles. The van der Waals surface area contributed by atoms with Gasteiger partial charge in [-0.15, -0.1) is 0 Å². The van der Waals surface area contributed by atoms with E-state index in [0.717, 1.165) is 7.11 Å². The molecule has 0 aromatic rings. The van der Waals surface area contributed by atoms with Crippen LogP contribution in [0.2, 0.25) is 0 Å². The summed E-state index contributed by atoms with van der Waals surface area (Å²) in [5.41, 5.74) is 0. The fourth-order valence-electron chi connectivity index (χ4n) is 0.339. The normalized spacial score (nSPS) is 11.7. The van der Waals surface area contributed by atoms with Gasteiger partial charge in [-0.05, 0) is 6.92 Å².